The second-order valence-electron chi connectivity index (χ2n) is 5.93. The minimum atomic E-state index is -4.73. The maximum Gasteiger partial charge on any atom is 0.573 e. The Balaban J connectivity index is 1.49. The number of para-hydroxylation sites is 2. The summed E-state index contributed by atoms with van der Waals surface area (Å²) in [5.41, 5.74) is 7.35. The van der Waals surface area contributed by atoms with E-state index in [1.807, 2.05) is 0 Å². The first kappa shape index (κ1) is 21.2. The Morgan fingerprint density at radius 2 is 1.83 bits per heavy atom. The smallest absolute Gasteiger partial charge is 0.406 e. The Hall–Kier alpha value is -3.53. The summed E-state index contributed by atoms with van der Waals surface area (Å²) in [5, 5.41) is 6.52. The van der Waals surface area contributed by atoms with E-state index >= 15 is 0 Å². The van der Waals surface area contributed by atoms with Crippen molar-refractivity contribution in [1.82, 2.24) is 0 Å². The summed E-state index contributed by atoms with van der Waals surface area (Å²) in [6.07, 6.45) is -3.38. The van der Waals surface area contributed by atoms with E-state index in [9.17, 15) is 18.0 Å². The lowest BCUT2D eigenvalue weighted by Crippen LogP contribution is -2.16. The van der Waals surface area contributed by atoms with Crippen LogP contribution in [0.1, 0.15) is 20.1 Å². The van der Waals surface area contributed by atoms with Crippen molar-refractivity contribution in [3.63, 3.8) is 0 Å². The summed E-state index contributed by atoms with van der Waals surface area (Å²) < 4.78 is 40.2. The highest BCUT2D eigenvalue weighted by Gasteiger charge is 2.30. The summed E-state index contributed by atoms with van der Waals surface area (Å²) >= 11 is 1.24. The molecule has 6 nitrogen and oxygen atoms in total. The molecular formula is C20H16F3N3O3S. The van der Waals surface area contributed by atoms with Crippen LogP contribution in [0.4, 0.5) is 24.5 Å². The summed E-state index contributed by atoms with van der Waals surface area (Å²) in [7, 11) is 0. The highest BCUT2D eigenvalue weighted by Crippen LogP contribution is 2.23. The van der Waals surface area contributed by atoms with Crippen molar-refractivity contribution in [2.75, 3.05) is 11.1 Å². The van der Waals surface area contributed by atoms with E-state index in [1.165, 1.54) is 41.8 Å². The van der Waals surface area contributed by atoms with Gasteiger partial charge in [0.2, 0.25) is 0 Å². The number of rotatable bonds is 7. The number of hydrogen-bond donors (Lipinski definition) is 2. The number of nitrogen functional groups attached to an aromatic ring is 1. The number of carbonyl (C=O) groups excluding carboxylic acids is 1. The van der Waals surface area contributed by atoms with Crippen LogP contribution in [0.3, 0.4) is 0 Å². The van der Waals surface area contributed by atoms with Crippen LogP contribution in [0.25, 0.3) is 0 Å². The first-order valence-corrected chi connectivity index (χ1v) is 9.37. The second-order valence-corrected chi connectivity index (χ2v) is 7.10. The monoisotopic (exact) mass is 435 g/mol. The number of nitrogens with one attached hydrogen (secondary N) is 1. The van der Waals surface area contributed by atoms with Crippen LogP contribution in [0.5, 0.6) is 5.75 Å². The number of nitrogens with two attached hydrogens (primary N) is 1. The molecule has 3 rings (SSSR count). The molecule has 0 saturated carbocycles. The van der Waals surface area contributed by atoms with Crippen molar-refractivity contribution >= 4 is 34.8 Å². The van der Waals surface area contributed by atoms with Crippen LogP contribution in [-0.2, 0) is 11.4 Å². The fourth-order valence-electron chi connectivity index (χ4n) is 2.33. The Morgan fingerprint density at radius 3 is 2.53 bits per heavy atom. The molecule has 0 aliphatic heterocycles. The molecule has 0 bridgehead atoms. The number of ether oxygens (including phenoxy) is 1. The second kappa shape index (κ2) is 9.31. The maximum absolute atomic E-state index is 12.3. The number of thiophene rings is 1. The van der Waals surface area contributed by atoms with Gasteiger partial charge in [-0.25, -0.2) is 0 Å². The van der Waals surface area contributed by atoms with Gasteiger partial charge in [-0.2, -0.15) is 0 Å². The Morgan fingerprint density at radius 1 is 1.10 bits per heavy atom. The zero-order valence-corrected chi connectivity index (χ0v) is 16.2. The van der Waals surface area contributed by atoms with Crippen LogP contribution in [0, 0.1) is 0 Å². The highest BCUT2D eigenvalue weighted by molar-refractivity contribution is 7.14. The number of oxime groups is 1. The van der Waals surface area contributed by atoms with Gasteiger partial charge in [0, 0.05) is 4.88 Å². The molecule has 3 aromatic rings. The molecule has 0 radical (unpaired) electrons. The van der Waals surface area contributed by atoms with Gasteiger partial charge in [-0.05, 0) is 54.1 Å². The summed E-state index contributed by atoms with van der Waals surface area (Å²) in [6.45, 7) is 0.136. The lowest BCUT2D eigenvalue weighted by atomic mass is 10.2. The molecule has 1 heterocycles. The van der Waals surface area contributed by atoms with Gasteiger partial charge in [0.1, 0.15) is 5.75 Å². The third kappa shape index (κ3) is 6.24. The predicted molar refractivity (Wildman–Crippen MR) is 109 cm³/mol. The first-order valence-electron chi connectivity index (χ1n) is 8.56. The average molecular weight is 435 g/mol. The van der Waals surface area contributed by atoms with Crippen molar-refractivity contribution in [1.29, 1.82) is 0 Å². The van der Waals surface area contributed by atoms with E-state index in [2.05, 4.69) is 15.2 Å². The quantitative estimate of drug-likeness (QED) is 0.310. The third-order valence-corrected chi connectivity index (χ3v) is 4.75. The molecule has 0 aliphatic rings. The predicted octanol–water partition coefficient (Wildman–Crippen LogP) is 5.03. The van der Waals surface area contributed by atoms with E-state index in [0.29, 0.717) is 21.8 Å². The molecule has 0 atom stereocenters. The molecule has 0 spiro atoms. The fraction of sp³-hybridized carbons (Fsp3) is 0.100. The zero-order chi connectivity index (χ0) is 21.6. The van der Waals surface area contributed by atoms with E-state index in [4.69, 9.17) is 10.6 Å². The standard InChI is InChI=1S/C20H16F3N3O3S/c21-20(22,23)29-14-7-5-13(6-8-14)11-25-28-12-15-9-10-18(30-15)19(27)26-17-4-2-1-3-16(17)24/h1-11H,12,24H2,(H,26,27). The Bertz CT molecular complexity index is 1030. The number of alkyl halides is 3. The number of carbonyl (C=O) groups is 1. The largest absolute Gasteiger partial charge is 0.573 e. The lowest BCUT2D eigenvalue weighted by Gasteiger charge is -2.08. The van der Waals surface area contributed by atoms with Crippen LogP contribution >= 0.6 is 11.3 Å². The minimum absolute atomic E-state index is 0.136. The van der Waals surface area contributed by atoms with E-state index in [1.54, 1.807) is 36.4 Å². The third-order valence-electron chi connectivity index (χ3n) is 3.69. The van der Waals surface area contributed by atoms with E-state index < -0.39 is 6.36 Å². The minimum Gasteiger partial charge on any atom is -0.406 e. The molecular weight excluding hydrogens is 419 g/mol. The van der Waals surface area contributed by atoms with Crippen LogP contribution < -0.4 is 15.8 Å². The number of halogens is 3. The van der Waals surface area contributed by atoms with Gasteiger partial charge in [0.05, 0.1) is 22.5 Å². The van der Waals surface area contributed by atoms with Gasteiger partial charge >= 0.3 is 6.36 Å². The van der Waals surface area contributed by atoms with E-state index in [0.717, 1.165) is 4.88 Å². The Kier molecular flexibility index (Phi) is 6.58. The summed E-state index contributed by atoms with van der Waals surface area (Å²) in [6, 6.07) is 15.5. The van der Waals surface area contributed by atoms with Crippen molar-refractivity contribution in [2.24, 2.45) is 5.16 Å². The number of nitrogens with zero attached hydrogens (tertiary/aromatic N) is 1. The van der Waals surface area contributed by atoms with Gasteiger partial charge in [-0.1, -0.05) is 17.3 Å². The van der Waals surface area contributed by atoms with Crippen molar-refractivity contribution in [2.45, 2.75) is 13.0 Å². The molecule has 1 amide bonds. The maximum atomic E-state index is 12.3. The zero-order valence-electron chi connectivity index (χ0n) is 15.3. The normalized spacial score (nSPS) is 11.4. The number of benzene rings is 2. The number of amides is 1. The summed E-state index contributed by atoms with van der Waals surface area (Å²) in [5.74, 6) is -0.601. The molecule has 0 saturated heterocycles. The number of anilines is 2. The molecule has 0 unspecified atom stereocenters. The molecule has 3 N–H and O–H groups in total. The van der Waals surface area contributed by atoms with Gasteiger partial charge in [0.25, 0.3) is 5.91 Å². The number of hydrogen-bond acceptors (Lipinski definition) is 6. The molecule has 0 fully saturated rings. The van der Waals surface area contributed by atoms with Gasteiger partial charge in [-0.3, -0.25) is 4.79 Å². The highest BCUT2D eigenvalue weighted by atomic mass is 32.1. The van der Waals surface area contributed by atoms with Crippen molar-refractivity contribution in [3.05, 3.63) is 76.0 Å². The van der Waals surface area contributed by atoms with Crippen LogP contribution in [0.15, 0.2) is 65.8 Å². The van der Waals surface area contributed by atoms with Gasteiger partial charge in [0.15, 0.2) is 6.61 Å². The first-order chi connectivity index (χ1) is 14.3. The van der Waals surface area contributed by atoms with Crippen molar-refractivity contribution < 1.29 is 27.5 Å². The van der Waals surface area contributed by atoms with Gasteiger partial charge in [-0.15, -0.1) is 24.5 Å². The SMILES string of the molecule is Nc1ccccc1NC(=O)c1ccc(CON=Cc2ccc(OC(F)(F)F)cc2)s1. The van der Waals surface area contributed by atoms with E-state index in [-0.39, 0.29) is 18.3 Å². The molecule has 156 valence electrons. The lowest BCUT2D eigenvalue weighted by molar-refractivity contribution is -0.274. The van der Waals surface area contributed by atoms with Gasteiger partial charge < -0.3 is 20.6 Å². The summed E-state index contributed by atoms with van der Waals surface area (Å²) in [4.78, 5) is 18.7. The van der Waals surface area contributed by atoms with Crippen LogP contribution in [-0.4, -0.2) is 18.5 Å². The average Bonchev–Trinajstić information content (AvgIpc) is 3.16. The molecule has 30 heavy (non-hydrogen) atoms. The van der Waals surface area contributed by atoms with Crippen LogP contribution in [0.2, 0.25) is 0 Å². The molecule has 2 aromatic carbocycles. The molecule has 10 heteroatoms. The topological polar surface area (TPSA) is 85.9 Å². The molecule has 0 aliphatic carbocycles. The Labute approximate surface area is 173 Å². The van der Waals surface area contributed by atoms with Crippen molar-refractivity contribution in [3.8, 4) is 5.75 Å². The fourth-order valence-corrected chi connectivity index (χ4v) is 3.14. The molecule has 1 aromatic heterocycles.